The number of rotatable bonds is 4. The van der Waals surface area contributed by atoms with E-state index in [1.54, 1.807) is 24.5 Å². The summed E-state index contributed by atoms with van der Waals surface area (Å²) < 4.78 is 5.78. The van der Waals surface area contributed by atoms with Crippen molar-refractivity contribution in [3.63, 3.8) is 0 Å². The number of aromatic nitrogens is 3. The highest BCUT2D eigenvalue weighted by Crippen LogP contribution is 2.24. The third-order valence-electron chi connectivity index (χ3n) is 4.69. The maximum absolute atomic E-state index is 12.3. The molecule has 1 saturated heterocycles. The molecule has 150 valence electrons. The zero-order valence-corrected chi connectivity index (χ0v) is 17.0. The molecule has 3 heterocycles. The van der Waals surface area contributed by atoms with E-state index in [1.807, 2.05) is 38.1 Å². The van der Waals surface area contributed by atoms with Crippen LogP contribution in [-0.2, 0) is 4.74 Å². The first kappa shape index (κ1) is 19.4. The summed E-state index contributed by atoms with van der Waals surface area (Å²) in [6, 6.07) is 11.0. The van der Waals surface area contributed by atoms with Gasteiger partial charge in [0.25, 0.3) is 5.56 Å². The number of nitrogens with one attached hydrogen (secondary N) is 2. The summed E-state index contributed by atoms with van der Waals surface area (Å²) in [4.78, 5) is 26.2. The molecule has 0 unspecified atom stereocenters. The van der Waals surface area contributed by atoms with Gasteiger partial charge in [-0.1, -0.05) is 23.7 Å². The van der Waals surface area contributed by atoms with E-state index < -0.39 is 0 Å². The van der Waals surface area contributed by atoms with Crippen molar-refractivity contribution < 1.29 is 4.74 Å². The van der Waals surface area contributed by atoms with Gasteiger partial charge < -0.3 is 19.9 Å². The molecule has 0 aliphatic carbocycles. The average Bonchev–Trinajstić information content (AvgIpc) is 2.70. The molecule has 8 heteroatoms. The van der Waals surface area contributed by atoms with Crippen LogP contribution in [0.15, 0.2) is 53.6 Å². The molecule has 1 aromatic carbocycles. The molecule has 1 aliphatic heterocycles. The molecular formula is C21H22ClN5O2. The van der Waals surface area contributed by atoms with Crippen molar-refractivity contribution in [2.75, 3.05) is 23.3 Å². The largest absolute Gasteiger partial charge is 0.372 e. The lowest BCUT2D eigenvalue weighted by Gasteiger charge is -2.35. The topological polar surface area (TPSA) is 83.1 Å². The van der Waals surface area contributed by atoms with Crippen LogP contribution in [0.3, 0.4) is 0 Å². The molecule has 1 aliphatic rings. The maximum atomic E-state index is 12.3. The summed E-state index contributed by atoms with van der Waals surface area (Å²) in [5.41, 5.74) is 2.00. The van der Waals surface area contributed by atoms with E-state index in [-0.39, 0.29) is 17.8 Å². The Labute approximate surface area is 173 Å². The van der Waals surface area contributed by atoms with E-state index in [1.165, 1.54) is 0 Å². The number of pyridine rings is 1. The van der Waals surface area contributed by atoms with E-state index in [4.69, 9.17) is 16.3 Å². The van der Waals surface area contributed by atoms with Gasteiger partial charge in [0, 0.05) is 36.1 Å². The van der Waals surface area contributed by atoms with Crippen molar-refractivity contribution in [1.29, 1.82) is 0 Å². The molecule has 4 rings (SSSR count). The van der Waals surface area contributed by atoms with Gasteiger partial charge in [0.05, 0.1) is 12.2 Å². The van der Waals surface area contributed by atoms with Crippen molar-refractivity contribution in [3.8, 4) is 11.1 Å². The van der Waals surface area contributed by atoms with Gasteiger partial charge in [-0.05, 0) is 43.7 Å². The molecule has 2 N–H and O–H groups in total. The van der Waals surface area contributed by atoms with Crippen LogP contribution < -0.4 is 15.8 Å². The Hall–Kier alpha value is -2.90. The Bertz CT molecular complexity index is 1040. The fraction of sp³-hybridized carbons (Fsp3) is 0.286. The van der Waals surface area contributed by atoms with Gasteiger partial charge in [0.2, 0.25) is 5.95 Å². The molecule has 0 spiro atoms. The number of hydrogen-bond acceptors (Lipinski definition) is 6. The molecule has 3 aromatic rings. The van der Waals surface area contributed by atoms with Crippen LogP contribution in [0.4, 0.5) is 17.5 Å². The smallest absolute Gasteiger partial charge is 0.271 e. The van der Waals surface area contributed by atoms with Gasteiger partial charge >= 0.3 is 0 Å². The molecule has 0 amide bonds. The molecule has 0 bridgehead atoms. The second kappa shape index (κ2) is 8.23. The van der Waals surface area contributed by atoms with Crippen LogP contribution >= 0.6 is 11.6 Å². The highest BCUT2D eigenvalue weighted by molar-refractivity contribution is 6.30. The molecule has 2 atom stereocenters. The number of ether oxygens (including phenoxy) is 1. The fourth-order valence-corrected chi connectivity index (χ4v) is 3.56. The maximum Gasteiger partial charge on any atom is 0.271 e. The van der Waals surface area contributed by atoms with Gasteiger partial charge in [0.1, 0.15) is 11.5 Å². The molecule has 0 radical (unpaired) electrons. The monoisotopic (exact) mass is 411 g/mol. The molecule has 1 fully saturated rings. The van der Waals surface area contributed by atoms with E-state index in [0.717, 1.165) is 24.2 Å². The number of halogens is 1. The van der Waals surface area contributed by atoms with Crippen LogP contribution in [-0.4, -0.2) is 40.2 Å². The quantitative estimate of drug-likeness (QED) is 0.678. The van der Waals surface area contributed by atoms with Gasteiger partial charge in [-0.3, -0.25) is 4.79 Å². The number of morpholine rings is 1. The minimum absolute atomic E-state index is 0.109. The predicted molar refractivity (Wildman–Crippen MR) is 115 cm³/mol. The van der Waals surface area contributed by atoms with Crippen LogP contribution in [0.5, 0.6) is 0 Å². The normalized spacial score (nSPS) is 19.2. The summed E-state index contributed by atoms with van der Waals surface area (Å²) >= 11 is 5.96. The Morgan fingerprint density at radius 3 is 2.59 bits per heavy atom. The minimum atomic E-state index is -0.225. The number of H-pyrrole nitrogens is 1. The van der Waals surface area contributed by atoms with E-state index in [0.29, 0.717) is 22.5 Å². The van der Waals surface area contributed by atoms with Crippen molar-refractivity contribution in [2.24, 2.45) is 0 Å². The highest BCUT2D eigenvalue weighted by Gasteiger charge is 2.24. The standard InChI is InChI=1S/C21H22ClN5O2/c1-13-11-27(12-14(2)29-13)21-23-8-7-19(26-21)25-18-9-16(10-24-20(18)28)15-3-5-17(22)6-4-15/h3-10,13-14H,11-12H2,1-2H3,(H,24,28)(H,23,25,26)/t13-,14+. The SMILES string of the molecule is C[C@@H]1CN(c2nccc(Nc3cc(-c4ccc(Cl)cc4)c[nH]c3=O)n2)C[C@H](C)O1. The van der Waals surface area contributed by atoms with Gasteiger partial charge in [-0.25, -0.2) is 4.98 Å². The summed E-state index contributed by atoms with van der Waals surface area (Å²) in [5, 5.41) is 3.78. The second-order valence-electron chi connectivity index (χ2n) is 7.17. The minimum Gasteiger partial charge on any atom is -0.372 e. The Morgan fingerprint density at radius 2 is 1.86 bits per heavy atom. The lowest BCUT2D eigenvalue weighted by molar-refractivity contribution is -0.00571. The molecule has 2 aromatic heterocycles. The van der Waals surface area contributed by atoms with E-state index in [2.05, 4.69) is 25.2 Å². The number of aromatic amines is 1. The number of benzene rings is 1. The first-order valence-corrected chi connectivity index (χ1v) is 9.85. The summed E-state index contributed by atoms with van der Waals surface area (Å²) in [7, 11) is 0. The Balaban J connectivity index is 1.59. The van der Waals surface area contributed by atoms with E-state index in [9.17, 15) is 4.79 Å². The Morgan fingerprint density at radius 1 is 1.14 bits per heavy atom. The third kappa shape index (κ3) is 4.58. The van der Waals surface area contributed by atoms with E-state index >= 15 is 0 Å². The van der Waals surface area contributed by atoms with Crippen molar-refractivity contribution >= 4 is 29.1 Å². The number of hydrogen-bond donors (Lipinski definition) is 2. The number of nitrogens with zero attached hydrogens (tertiary/aromatic N) is 3. The lowest BCUT2D eigenvalue weighted by atomic mass is 10.1. The van der Waals surface area contributed by atoms with Crippen LogP contribution in [0.1, 0.15) is 13.8 Å². The lowest BCUT2D eigenvalue weighted by Crippen LogP contribution is -2.46. The van der Waals surface area contributed by atoms with Gasteiger partial charge in [-0.2, -0.15) is 4.98 Å². The van der Waals surface area contributed by atoms with Crippen molar-refractivity contribution in [3.05, 3.63) is 64.2 Å². The second-order valence-corrected chi connectivity index (χ2v) is 7.60. The third-order valence-corrected chi connectivity index (χ3v) is 4.94. The molecule has 29 heavy (non-hydrogen) atoms. The van der Waals surface area contributed by atoms with Crippen LogP contribution in [0, 0.1) is 0 Å². The first-order chi connectivity index (χ1) is 14.0. The summed E-state index contributed by atoms with van der Waals surface area (Å²) in [6.45, 7) is 5.51. The fourth-order valence-electron chi connectivity index (χ4n) is 3.44. The summed E-state index contributed by atoms with van der Waals surface area (Å²) in [5.74, 6) is 1.17. The van der Waals surface area contributed by atoms with Crippen molar-refractivity contribution in [2.45, 2.75) is 26.1 Å². The average molecular weight is 412 g/mol. The number of anilines is 3. The molecular weight excluding hydrogens is 390 g/mol. The van der Waals surface area contributed by atoms with Crippen LogP contribution in [0.2, 0.25) is 5.02 Å². The Kier molecular flexibility index (Phi) is 5.51. The zero-order valence-electron chi connectivity index (χ0n) is 16.2. The predicted octanol–water partition coefficient (Wildman–Crippen LogP) is 3.84. The molecule has 7 nitrogen and oxygen atoms in total. The van der Waals surface area contributed by atoms with Crippen LogP contribution in [0.25, 0.3) is 11.1 Å². The molecule has 0 saturated carbocycles. The van der Waals surface area contributed by atoms with Gasteiger partial charge in [0.15, 0.2) is 0 Å². The summed E-state index contributed by atoms with van der Waals surface area (Å²) in [6.07, 6.45) is 3.58. The first-order valence-electron chi connectivity index (χ1n) is 9.47. The highest BCUT2D eigenvalue weighted by atomic mass is 35.5. The van der Waals surface area contributed by atoms with Gasteiger partial charge in [-0.15, -0.1) is 0 Å². The zero-order chi connectivity index (χ0) is 20.4. The van der Waals surface area contributed by atoms with Crippen molar-refractivity contribution in [1.82, 2.24) is 15.0 Å².